The van der Waals surface area contributed by atoms with Crippen LogP contribution in [-0.2, 0) is 0 Å². The lowest BCUT2D eigenvalue weighted by molar-refractivity contribution is 0.0770. The van der Waals surface area contributed by atoms with Crippen molar-refractivity contribution in [2.75, 3.05) is 7.05 Å². The van der Waals surface area contributed by atoms with Crippen LogP contribution in [-0.4, -0.2) is 23.9 Å². The summed E-state index contributed by atoms with van der Waals surface area (Å²) in [5.41, 5.74) is 2.17. The van der Waals surface area contributed by atoms with Gasteiger partial charge >= 0.3 is 0 Å². The highest BCUT2D eigenvalue weighted by Crippen LogP contribution is 2.49. The van der Waals surface area contributed by atoms with Gasteiger partial charge in [-0.05, 0) is 18.1 Å². The zero-order valence-electron chi connectivity index (χ0n) is 7.53. The van der Waals surface area contributed by atoms with Gasteiger partial charge in [-0.25, -0.2) is 0 Å². The monoisotopic (exact) mass is 173 g/mol. The van der Waals surface area contributed by atoms with E-state index < -0.39 is 0 Å². The van der Waals surface area contributed by atoms with Gasteiger partial charge in [-0.2, -0.15) is 0 Å². The van der Waals surface area contributed by atoms with E-state index in [0.29, 0.717) is 12.0 Å². The third-order valence-corrected chi connectivity index (χ3v) is 3.17. The molecule has 2 nitrogen and oxygen atoms in total. The Morgan fingerprint density at radius 3 is 3.00 bits per heavy atom. The molecule has 66 valence electrons. The van der Waals surface area contributed by atoms with Crippen molar-refractivity contribution in [3.05, 3.63) is 35.4 Å². The molecule has 0 radical (unpaired) electrons. The lowest BCUT2D eigenvalue weighted by atomic mass is 9.99. The van der Waals surface area contributed by atoms with Gasteiger partial charge in [0.2, 0.25) is 0 Å². The van der Waals surface area contributed by atoms with Crippen molar-refractivity contribution in [3.8, 4) is 0 Å². The lowest BCUT2D eigenvalue weighted by Crippen LogP contribution is -2.33. The van der Waals surface area contributed by atoms with E-state index in [1.807, 2.05) is 30.1 Å². The summed E-state index contributed by atoms with van der Waals surface area (Å²) in [5.74, 6) is 0.813. The van der Waals surface area contributed by atoms with Gasteiger partial charge in [0.05, 0.1) is 0 Å². The topological polar surface area (TPSA) is 20.3 Å². The zero-order chi connectivity index (χ0) is 9.00. The van der Waals surface area contributed by atoms with Crippen molar-refractivity contribution < 1.29 is 4.79 Å². The Balaban J connectivity index is 2.20. The third kappa shape index (κ3) is 0.804. The molecule has 0 saturated heterocycles. The molecule has 0 N–H and O–H groups in total. The molecule has 1 heterocycles. The molecule has 2 atom stereocenters. The average Bonchev–Trinajstić information content (AvgIpc) is 2.94. The van der Waals surface area contributed by atoms with Gasteiger partial charge in [0, 0.05) is 24.6 Å². The molecule has 3 rings (SSSR count). The number of benzene rings is 1. The zero-order valence-corrected chi connectivity index (χ0v) is 7.53. The van der Waals surface area contributed by atoms with Crippen LogP contribution in [0.3, 0.4) is 0 Å². The number of hydrogen-bond donors (Lipinski definition) is 0. The van der Waals surface area contributed by atoms with Gasteiger partial charge in [-0.15, -0.1) is 0 Å². The summed E-state index contributed by atoms with van der Waals surface area (Å²) in [6, 6.07) is 8.47. The minimum absolute atomic E-state index is 0.189. The maximum absolute atomic E-state index is 11.8. The summed E-state index contributed by atoms with van der Waals surface area (Å²) in [7, 11) is 1.91. The molecule has 2 unspecified atom stereocenters. The molecule has 1 aromatic carbocycles. The first kappa shape index (κ1) is 7.13. The Morgan fingerprint density at radius 1 is 1.38 bits per heavy atom. The first-order chi connectivity index (χ1) is 6.29. The Morgan fingerprint density at radius 2 is 2.15 bits per heavy atom. The number of fused-ring (bicyclic) bond motifs is 3. The van der Waals surface area contributed by atoms with Gasteiger partial charge in [0.25, 0.3) is 5.91 Å². The number of nitrogens with zero attached hydrogens (tertiary/aromatic N) is 1. The minimum atomic E-state index is 0.189. The maximum atomic E-state index is 11.8. The second-order valence-corrected chi connectivity index (χ2v) is 3.91. The predicted octanol–water partition coefficient (Wildman–Crippen LogP) is 1.63. The van der Waals surface area contributed by atoms with Crippen molar-refractivity contribution in [2.24, 2.45) is 0 Å². The number of hydrogen-bond acceptors (Lipinski definition) is 1. The van der Waals surface area contributed by atoms with Gasteiger partial charge < -0.3 is 4.90 Å². The average molecular weight is 173 g/mol. The Labute approximate surface area is 77.2 Å². The van der Waals surface area contributed by atoms with Crippen LogP contribution in [0, 0.1) is 0 Å². The minimum Gasteiger partial charge on any atom is -0.338 e. The van der Waals surface area contributed by atoms with E-state index in [0.717, 1.165) is 12.0 Å². The maximum Gasteiger partial charge on any atom is 0.254 e. The van der Waals surface area contributed by atoms with Crippen LogP contribution in [0.4, 0.5) is 0 Å². The summed E-state index contributed by atoms with van der Waals surface area (Å²) in [5, 5.41) is 0. The smallest absolute Gasteiger partial charge is 0.254 e. The van der Waals surface area contributed by atoms with E-state index in [-0.39, 0.29) is 5.91 Å². The molecular formula is C11H11NO. The second kappa shape index (κ2) is 2.13. The summed E-state index contributed by atoms with van der Waals surface area (Å²) in [6.45, 7) is 0. The van der Waals surface area contributed by atoms with E-state index in [9.17, 15) is 4.79 Å². The summed E-state index contributed by atoms with van der Waals surface area (Å²) >= 11 is 0. The molecule has 1 fully saturated rings. The number of carbonyl (C=O) groups is 1. The first-order valence-electron chi connectivity index (χ1n) is 4.65. The molecule has 1 aromatic rings. The molecule has 0 aromatic heterocycles. The first-order valence-corrected chi connectivity index (χ1v) is 4.65. The van der Waals surface area contributed by atoms with E-state index in [4.69, 9.17) is 0 Å². The predicted molar refractivity (Wildman–Crippen MR) is 49.7 cm³/mol. The number of likely N-dealkylation sites (N-methyl/N-ethyl adjacent to an activating group) is 1. The molecule has 1 saturated carbocycles. The molecule has 1 amide bonds. The highest BCUT2D eigenvalue weighted by molar-refractivity contribution is 5.98. The van der Waals surface area contributed by atoms with Crippen molar-refractivity contribution in [3.63, 3.8) is 0 Å². The second-order valence-electron chi connectivity index (χ2n) is 3.91. The fraction of sp³-hybridized carbons (Fsp3) is 0.364. The summed E-state index contributed by atoms with van der Waals surface area (Å²) < 4.78 is 0. The van der Waals surface area contributed by atoms with Crippen LogP contribution in [0.5, 0.6) is 0 Å². The van der Waals surface area contributed by atoms with Crippen molar-refractivity contribution >= 4 is 5.91 Å². The highest BCUT2D eigenvalue weighted by atomic mass is 16.2. The summed E-state index contributed by atoms with van der Waals surface area (Å²) in [4.78, 5) is 13.7. The highest BCUT2D eigenvalue weighted by Gasteiger charge is 2.48. The molecule has 1 aliphatic heterocycles. The summed E-state index contributed by atoms with van der Waals surface area (Å²) in [6.07, 6.45) is 1.15. The van der Waals surface area contributed by atoms with E-state index in [2.05, 4.69) is 6.07 Å². The van der Waals surface area contributed by atoms with E-state index in [1.165, 1.54) is 5.56 Å². The molecule has 0 bridgehead atoms. The van der Waals surface area contributed by atoms with Crippen LogP contribution in [0.2, 0.25) is 0 Å². The quantitative estimate of drug-likeness (QED) is 0.584. The normalized spacial score (nSPS) is 29.6. The van der Waals surface area contributed by atoms with Gasteiger partial charge in [-0.1, -0.05) is 18.2 Å². The Bertz CT molecular complexity index is 385. The molecular weight excluding hydrogens is 162 g/mol. The fourth-order valence-corrected chi connectivity index (χ4v) is 2.30. The van der Waals surface area contributed by atoms with Crippen LogP contribution in [0.25, 0.3) is 0 Å². The Hall–Kier alpha value is -1.31. The lowest BCUT2D eigenvalue weighted by Gasteiger charge is -2.23. The standard InChI is InChI=1S/C11H11NO/c1-12-10-6-9(10)7-4-2-3-5-8(7)11(12)13/h2-5,9-10H,6H2,1H3. The van der Waals surface area contributed by atoms with E-state index >= 15 is 0 Å². The SMILES string of the molecule is CN1C(=O)c2ccccc2C2CC21. The number of amides is 1. The van der Waals surface area contributed by atoms with Crippen LogP contribution in [0.15, 0.2) is 24.3 Å². The van der Waals surface area contributed by atoms with Gasteiger partial charge in [-0.3, -0.25) is 4.79 Å². The van der Waals surface area contributed by atoms with Crippen molar-refractivity contribution in [1.29, 1.82) is 0 Å². The van der Waals surface area contributed by atoms with Crippen LogP contribution < -0.4 is 0 Å². The third-order valence-electron chi connectivity index (χ3n) is 3.17. The molecule has 1 aliphatic carbocycles. The molecule has 2 heteroatoms. The molecule has 0 spiro atoms. The number of carbonyl (C=O) groups excluding carboxylic acids is 1. The van der Waals surface area contributed by atoms with Crippen LogP contribution in [0.1, 0.15) is 28.3 Å². The van der Waals surface area contributed by atoms with Crippen molar-refractivity contribution in [1.82, 2.24) is 4.90 Å². The number of rotatable bonds is 0. The van der Waals surface area contributed by atoms with Gasteiger partial charge in [0.15, 0.2) is 0 Å². The van der Waals surface area contributed by atoms with E-state index in [1.54, 1.807) is 0 Å². The Kier molecular flexibility index (Phi) is 1.17. The fourth-order valence-electron chi connectivity index (χ4n) is 2.30. The van der Waals surface area contributed by atoms with Crippen molar-refractivity contribution in [2.45, 2.75) is 18.4 Å². The van der Waals surface area contributed by atoms with Gasteiger partial charge in [0.1, 0.15) is 0 Å². The molecule has 13 heavy (non-hydrogen) atoms. The largest absolute Gasteiger partial charge is 0.338 e. The molecule has 2 aliphatic rings. The van der Waals surface area contributed by atoms with Crippen LogP contribution >= 0.6 is 0 Å².